The van der Waals surface area contributed by atoms with E-state index in [4.69, 9.17) is 51.1 Å². The summed E-state index contributed by atoms with van der Waals surface area (Å²) in [6.45, 7) is -0.243. The predicted molar refractivity (Wildman–Crippen MR) is 94.2 cm³/mol. The van der Waals surface area contributed by atoms with E-state index >= 15 is 0 Å². The average Bonchev–Trinajstić information content (AvgIpc) is 2.48. The molecule has 8 heteroatoms. The van der Waals surface area contributed by atoms with Gasteiger partial charge in [0.2, 0.25) is 0 Å². The Morgan fingerprint density at radius 1 is 1.04 bits per heavy atom. The number of benzene rings is 2. The molecular weight excluding hydrogens is 382 g/mol. The van der Waals surface area contributed by atoms with Gasteiger partial charge in [0.15, 0.2) is 6.61 Å². The van der Waals surface area contributed by atoms with Gasteiger partial charge in [-0.05, 0) is 30.3 Å². The molecule has 0 aliphatic heterocycles. The molecule has 1 N–H and O–H groups in total. The summed E-state index contributed by atoms with van der Waals surface area (Å²) in [5.74, 6) is -0.0895. The van der Waals surface area contributed by atoms with Crippen LogP contribution in [0.2, 0.25) is 20.1 Å². The Morgan fingerprint density at radius 2 is 1.70 bits per heavy atom. The van der Waals surface area contributed by atoms with E-state index in [0.717, 1.165) is 0 Å². The van der Waals surface area contributed by atoms with E-state index in [2.05, 4.69) is 10.5 Å². The van der Waals surface area contributed by atoms with E-state index in [1.165, 1.54) is 12.3 Å². The predicted octanol–water partition coefficient (Wildman–Crippen LogP) is 4.83. The molecule has 1 amide bonds. The third-order valence-corrected chi connectivity index (χ3v) is 3.70. The molecule has 0 spiro atoms. The van der Waals surface area contributed by atoms with Crippen molar-refractivity contribution in [2.24, 2.45) is 5.10 Å². The normalized spacial score (nSPS) is 10.8. The van der Waals surface area contributed by atoms with Crippen LogP contribution in [0, 0.1) is 0 Å². The smallest absolute Gasteiger partial charge is 0.277 e. The molecular formula is C15H10Cl4N2O2. The van der Waals surface area contributed by atoms with Crippen LogP contribution in [0.15, 0.2) is 41.5 Å². The minimum atomic E-state index is -0.447. The van der Waals surface area contributed by atoms with E-state index in [1.54, 1.807) is 30.3 Å². The number of carbonyl (C=O) groups excluding carboxylic acids is 1. The first-order valence-corrected chi connectivity index (χ1v) is 7.81. The highest BCUT2D eigenvalue weighted by Crippen LogP contribution is 2.27. The number of carbonyl (C=O) groups is 1. The Kier molecular flexibility index (Phi) is 6.54. The zero-order valence-electron chi connectivity index (χ0n) is 11.5. The quantitative estimate of drug-likeness (QED) is 0.586. The highest BCUT2D eigenvalue weighted by molar-refractivity contribution is 6.36. The Hall–Kier alpha value is -1.46. The van der Waals surface area contributed by atoms with Crippen molar-refractivity contribution in [1.82, 2.24) is 5.43 Å². The maximum absolute atomic E-state index is 11.7. The lowest BCUT2D eigenvalue weighted by molar-refractivity contribution is -0.123. The Morgan fingerprint density at radius 3 is 2.35 bits per heavy atom. The van der Waals surface area contributed by atoms with Crippen LogP contribution < -0.4 is 10.2 Å². The fraction of sp³-hybridized carbons (Fsp3) is 0.0667. The molecule has 23 heavy (non-hydrogen) atoms. The minimum Gasteiger partial charge on any atom is -0.482 e. The van der Waals surface area contributed by atoms with Gasteiger partial charge >= 0.3 is 0 Å². The van der Waals surface area contributed by atoms with Gasteiger partial charge in [0, 0.05) is 15.6 Å². The zero-order valence-corrected chi connectivity index (χ0v) is 14.5. The number of nitrogens with zero attached hydrogens (tertiary/aromatic N) is 1. The molecule has 0 bridgehead atoms. The van der Waals surface area contributed by atoms with Gasteiger partial charge in [0.05, 0.1) is 16.3 Å². The molecule has 0 aromatic heterocycles. The van der Waals surface area contributed by atoms with Crippen LogP contribution in [0.5, 0.6) is 5.75 Å². The van der Waals surface area contributed by atoms with Crippen molar-refractivity contribution in [3.8, 4) is 5.75 Å². The molecule has 0 fully saturated rings. The molecule has 120 valence electrons. The van der Waals surface area contributed by atoms with Crippen LogP contribution >= 0.6 is 46.4 Å². The van der Waals surface area contributed by atoms with Crippen LogP contribution in [0.3, 0.4) is 0 Å². The lowest BCUT2D eigenvalue weighted by atomic mass is 10.2. The second-order valence-electron chi connectivity index (χ2n) is 4.32. The zero-order chi connectivity index (χ0) is 16.8. The van der Waals surface area contributed by atoms with E-state index < -0.39 is 5.91 Å². The number of hydrogen-bond acceptors (Lipinski definition) is 3. The molecule has 0 saturated carbocycles. The van der Waals surface area contributed by atoms with Crippen molar-refractivity contribution in [2.45, 2.75) is 0 Å². The van der Waals surface area contributed by atoms with Gasteiger partial charge in [0.25, 0.3) is 5.91 Å². The number of halogens is 4. The van der Waals surface area contributed by atoms with Gasteiger partial charge in [-0.1, -0.05) is 52.5 Å². The maximum atomic E-state index is 11.7. The third kappa shape index (κ3) is 5.59. The van der Waals surface area contributed by atoms with Crippen LogP contribution in [0.1, 0.15) is 5.56 Å². The fourth-order valence-corrected chi connectivity index (χ4v) is 2.47. The summed E-state index contributed by atoms with van der Waals surface area (Å²) < 4.78 is 5.28. The largest absolute Gasteiger partial charge is 0.482 e. The molecule has 0 unspecified atom stereocenters. The van der Waals surface area contributed by atoms with Crippen molar-refractivity contribution < 1.29 is 9.53 Å². The highest BCUT2D eigenvalue weighted by Gasteiger charge is 2.06. The van der Waals surface area contributed by atoms with E-state index in [1.807, 2.05) is 0 Å². The molecule has 2 aromatic carbocycles. The number of nitrogens with one attached hydrogen (secondary N) is 1. The van der Waals surface area contributed by atoms with E-state index in [0.29, 0.717) is 31.4 Å². The van der Waals surface area contributed by atoms with Gasteiger partial charge in [-0.15, -0.1) is 0 Å². The van der Waals surface area contributed by atoms with Gasteiger partial charge < -0.3 is 4.74 Å². The molecule has 0 saturated heterocycles. The number of rotatable bonds is 5. The van der Waals surface area contributed by atoms with Gasteiger partial charge in [-0.25, -0.2) is 5.43 Å². The van der Waals surface area contributed by atoms with Crippen LogP contribution in [-0.4, -0.2) is 18.7 Å². The first-order chi connectivity index (χ1) is 11.0. The summed E-state index contributed by atoms with van der Waals surface area (Å²) in [6, 6.07) is 9.65. The first kappa shape index (κ1) is 17.9. The molecule has 0 aliphatic carbocycles. The summed E-state index contributed by atoms with van der Waals surface area (Å²) >= 11 is 23.5. The summed E-state index contributed by atoms with van der Waals surface area (Å²) in [4.78, 5) is 11.7. The van der Waals surface area contributed by atoms with E-state index in [9.17, 15) is 4.79 Å². The Balaban J connectivity index is 1.86. The van der Waals surface area contributed by atoms with Crippen LogP contribution in [0.4, 0.5) is 0 Å². The van der Waals surface area contributed by atoms with Gasteiger partial charge in [-0.3, -0.25) is 4.79 Å². The molecule has 2 rings (SSSR count). The minimum absolute atomic E-state index is 0.243. The molecule has 0 atom stereocenters. The number of hydrogen-bond donors (Lipinski definition) is 1. The summed E-state index contributed by atoms with van der Waals surface area (Å²) in [6.07, 6.45) is 1.41. The van der Waals surface area contributed by atoms with Crippen LogP contribution in [0.25, 0.3) is 0 Å². The average molecular weight is 392 g/mol. The lowest BCUT2D eigenvalue weighted by Crippen LogP contribution is -2.24. The fourth-order valence-electron chi connectivity index (χ4n) is 1.55. The number of amides is 1. The third-order valence-electron chi connectivity index (χ3n) is 2.61. The Bertz CT molecular complexity index is 750. The van der Waals surface area contributed by atoms with Crippen molar-refractivity contribution >= 4 is 58.5 Å². The monoisotopic (exact) mass is 390 g/mol. The summed E-state index contributed by atoms with van der Waals surface area (Å²) in [5, 5.41) is 5.55. The van der Waals surface area contributed by atoms with Crippen molar-refractivity contribution in [3.05, 3.63) is 62.1 Å². The number of hydrazone groups is 1. The number of ether oxygens (including phenoxy) is 1. The van der Waals surface area contributed by atoms with Gasteiger partial charge in [0.1, 0.15) is 5.75 Å². The molecule has 0 radical (unpaired) electrons. The second kappa shape index (κ2) is 8.41. The molecule has 4 nitrogen and oxygen atoms in total. The van der Waals surface area contributed by atoms with E-state index in [-0.39, 0.29) is 6.61 Å². The Labute approximate surface area is 152 Å². The topological polar surface area (TPSA) is 50.7 Å². The standard InChI is InChI=1S/C15H10Cl4N2O2/c16-10-2-1-9(12(18)5-10)7-20-21-15(22)8-23-14-4-3-11(17)6-13(14)19/h1-7H,8H2,(H,21,22). The highest BCUT2D eigenvalue weighted by atomic mass is 35.5. The van der Waals surface area contributed by atoms with Crippen molar-refractivity contribution in [1.29, 1.82) is 0 Å². The second-order valence-corrected chi connectivity index (χ2v) is 6.01. The van der Waals surface area contributed by atoms with Crippen molar-refractivity contribution in [3.63, 3.8) is 0 Å². The molecule has 2 aromatic rings. The molecule has 0 aliphatic rings. The summed E-state index contributed by atoms with van der Waals surface area (Å²) in [5.41, 5.74) is 2.94. The maximum Gasteiger partial charge on any atom is 0.277 e. The first-order valence-electron chi connectivity index (χ1n) is 6.30. The van der Waals surface area contributed by atoms with Crippen LogP contribution in [-0.2, 0) is 4.79 Å². The lowest BCUT2D eigenvalue weighted by Gasteiger charge is -2.07. The summed E-state index contributed by atoms with van der Waals surface area (Å²) in [7, 11) is 0. The van der Waals surface area contributed by atoms with Gasteiger partial charge in [-0.2, -0.15) is 5.10 Å². The van der Waals surface area contributed by atoms with Crippen molar-refractivity contribution in [2.75, 3.05) is 6.61 Å². The molecule has 0 heterocycles. The SMILES string of the molecule is O=C(COc1ccc(Cl)cc1Cl)NN=Cc1ccc(Cl)cc1Cl.